The molecular weight excluding hydrogens is 198 g/mol. The van der Waals surface area contributed by atoms with E-state index in [0.29, 0.717) is 5.69 Å². The summed E-state index contributed by atoms with van der Waals surface area (Å²) in [6.45, 7) is 3.90. The summed E-state index contributed by atoms with van der Waals surface area (Å²) in [6.07, 6.45) is 3.87. The lowest BCUT2D eigenvalue weighted by Gasteiger charge is -2.09. The van der Waals surface area contributed by atoms with Crippen molar-refractivity contribution in [3.63, 3.8) is 0 Å². The van der Waals surface area contributed by atoms with E-state index in [4.69, 9.17) is 5.73 Å². The molecular formula is C14H15NO. The number of nitrogens with two attached hydrogens (primary N) is 1. The first-order valence-corrected chi connectivity index (χ1v) is 5.28. The van der Waals surface area contributed by atoms with Crippen LogP contribution in [0.2, 0.25) is 0 Å². The number of phenolic OH excluding ortho intramolecular Hbond substituents is 1. The summed E-state index contributed by atoms with van der Waals surface area (Å²) < 4.78 is 0. The van der Waals surface area contributed by atoms with Crippen molar-refractivity contribution in [3.8, 4) is 5.75 Å². The van der Waals surface area contributed by atoms with E-state index in [1.807, 2.05) is 44.2 Å². The Balaban J connectivity index is 2.83. The predicted molar refractivity (Wildman–Crippen MR) is 69.5 cm³/mol. The number of aromatic hydroxyl groups is 1. The van der Waals surface area contributed by atoms with Crippen LogP contribution < -0.4 is 5.73 Å². The van der Waals surface area contributed by atoms with Gasteiger partial charge in [-0.1, -0.05) is 30.4 Å². The van der Waals surface area contributed by atoms with E-state index >= 15 is 0 Å². The maximum atomic E-state index is 9.92. The van der Waals surface area contributed by atoms with Crippen molar-refractivity contribution in [3.05, 3.63) is 41.5 Å². The molecule has 0 aliphatic heterocycles. The van der Waals surface area contributed by atoms with E-state index < -0.39 is 0 Å². The van der Waals surface area contributed by atoms with E-state index in [-0.39, 0.29) is 5.75 Å². The fourth-order valence-electron chi connectivity index (χ4n) is 1.96. The van der Waals surface area contributed by atoms with Crippen molar-refractivity contribution in [2.24, 2.45) is 0 Å². The quantitative estimate of drug-likeness (QED) is 0.712. The van der Waals surface area contributed by atoms with Gasteiger partial charge in [0.2, 0.25) is 0 Å². The topological polar surface area (TPSA) is 46.2 Å². The molecule has 0 fully saturated rings. The van der Waals surface area contributed by atoms with Gasteiger partial charge in [-0.3, -0.25) is 0 Å². The van der Waals surface area contributed by atoms with Crippen LogP contribution in [0.5, 0.6) is 5.75 Å². The molecule has 0 radical (unpaired) electrons. The number of allylic oxidation sites excluding steroid dienone is 1. The second kappa shape index (κ2) is 3.89. The molecule has 16 heavy (non-hydrogen) atoms. The zero-order valence-corrected chi connectivity index (χ0v) is 9.49. The van der Waals surface area contributed by atoms with Gasteiger partial charge < -0.3 is 10.8 Å². The van der Waals surface area contributed by atoms with Crippen LogP contribution in [0, 0.1) is 6.92 Å². The maximum absolute atomic E-state index is 9.92. The van der Waals surface area contributed by atoms with Gasteiger partial charge in [0.1, 0.15) is 5.75 Å². The Hall–Kier alpha value is -1.96. The third kappa shape index (κ3) is 1.63. The average Bonchev–Trinajstić information content (AvgIpc) is 2.21. The molecule has 0 bridgehead atoms. The molecule has 0 aliphatic carbocycles. The SMILES string of the molecule is C/C=C\c1ccc2cc(C)cc(O)c2c1N. The summed E-state index contributed by atoms with van der Waals surface area (Å²) in [7, 11) is 0. The number of fused-ring (bicyclic) bond motifs is 1. The summed E-state index contributed by atoms with van der Waals surface area (Å²) in [5, 5.41) is 11.6. The van der Waals surface area contributed by atoms with Crippen LogP contribution >= 0.6 is 0 Å². The van der Waals surface area contributed by atoms with Crippen molar-refractivity contribution in [1.29, 1.82) is 0 Å². The molecule has 2 aromatic carbocycles. The first-order valence-electron chi connectivity index (χ1n) is 5.28. The summed E-state index contributed by atoms with van der Waals surface area (Å²) >= 11 is 0. The van der Waals surface area contributed by atoms with Crippen molar-refractivity contribution >= 4 is 22.5 Å². The highest BCUT2D eigenvalue weighted by molar-refractivity contribution is 6.01. The van der Waals surface area contributed by atoms with Crippen LogP contribution in [-0.4, -0.2) is 5.11 Å². The standard InChI is InChI=1S/C14H15NO/c1-3-4-10-5-6-11-7-9(2)8-12(16)13(11)14(10)15/h3-8,16H,15H2,1-2H3/b4-3-. The zero-order valence-electron chi connectivity index (χ0n) is 9.49. The Morgan fingerprint density at radius 2 is 2.00 bits per heavy atom. The third-order valence-corrected chi connectivity index (χ3v) is 2.66. The highest BCUT2D eigenvalue weighted by Gasteiger charge is 2.07. The molecule has 2 rings (SSSR count). The molecule has 82 valence electrons. The summed E-state index contributed by atoms with van der Waals surface area (Å²) in [5.41, 5.74) is 8.65. The Labute approximate surface area is 95.0 Å². The molecule has 0 amide bonds. The number of rotatable bonds is 1. The lowest BCUT2D eigenvalue weighted by atomic mass is 10.0. The van der Waals surface area contributed by atoms with E-state index in [1.54, 1.807) is 6.07 Å². The lowest BCUT2D eigenvalue weighted by molar-refractivity contribution is 0.481. The monoisotopic (exact) mass is 213 g/mol. The Morgan fingerprint density at radius 1 is 1.25 bits per heavy atom. The molecule has 2 nitrogen and oxygen atoms in total. The highest BCUT2D eigenvalue weighted by atomic mass is 16.3. The molecule has 0 spiro atoms. The zero-order chi connectivity index (χ0) is 11.7. The van der Waals surface area contributed by atoms with Crippen LogP contribution in [0.4, 0.5) is 5.69 Å². The van der Waals surface area contributed by atoms with Crippen LogP contribution in [-0.2, 0) is 0 Å². The molecule has 2 heteroatoms. The van der Waals surface area contributed by atoms with Crippen molar-refractivity contribution in [1.82, 2.24) is 0 Å². The van der Waals surface area contributed by atoms with Gasteiger partial charge in [0.25, 0.3) is 0 Å². The van der Waals surface area contributed by atoms with Gasteiger partial charge in [-0.25, -0.2) is 0 Å². The molecule has 0 saturated heterocycles. The maximum Gasteiger partial charge on any atom is 0.125 e. The summed E-state index contributed by atoms with van der Waals surface area (Å²) in [4.78, 5) is 0. The number of hydrogen-bond acceptors (Lipinski definition) is 2. The third-order valence-electron chi connectivity index (χ3n) is 2.66. The molecule has 0 aliphatic rings. The minimum atomic E-state index is 0.249. The Kier molecular flexibility index (Phi) is 2.57. The second-order valence-corrected chi connectivity index (χ2v) is 3.95. The van der Waals surface area contributed by atoms with Crippen molar-refractivity contribution in [2.45, 2.75) is 13.8 Å². The number of aryl methyl sites for hydroxylation is 1. The van der Waals surface area contributed by atoms with E-state index in [1.165, 1.54) is 0 Å². The van der Waals surface area contributed by atoms with Crippen LogP contribution in [0.15, 0.2) is 30.3 Å². The number of phenols is 1. The smallest absolute Gasteiger partial charge is 0.125 e. The van der Waals surface area contributed by atoms with Crippen LogP contribution in [0.25, 0.3) is 16.8 Å². The molecule has 0 atom stereocenters. The van der Waals surface area contributed by atoms with Crippen molar-refractivity contribution in [2.75, 3.05) is 5.73 Å². The number of anilines is 1. The Morgan fingerprint density at radius 3 is 2.69 bits per heavy atom. The van der Waals surface area contributed by atoms with E-state index in [0.717, 1.165) is 21.9 Å². The minimum absolute atomic E-state index is 0.249. The van der Waals surface area contributed by atoms with E-state index in [2.05, 4.69) is 0 Å². The fraction of sp³-hybridized carbons (Fsp3) is 0.143. The molecule has 0 heterocycles. The second-order valence-electron chi connectivity index (χ2n) is 3.95. The molecule has 2 aromatic rings. The van der Waals surface area contributed by atoms with Crippen LogP contribution in [0.3, 0.4) is 0 Å². The van der Waals surface area contributed by atoms with Gasteiger partial charge >= 0.3 is 0 Å². The summed E-state index contributed by atoms with van der Waals surface area (Å²) in [5.74, 6) is 0.249. The normalized spacial score (nSPS) is 11.4. The first kappa shape index (κ1) is 10.6. The van der Waals surface area contributed by atoms with Gasteiger partial charge in [-0.2, -0.15) is 0 Å². The number of hydrogen-bond donors (Lipinski definition) is 2. The molecule has 0 saturated carbocycles. The molecule has 3 N–H and O–H groups in total. The lowest BCUT2D eigenvalue weighted by Crippen LogP contribution is -1.92. The average molecular weight is 213 g/mol. The van der Waals surface area contributed by atoms with Gasteiger partial charge in [0.05, 0.1) is 5.69 Å². The molecule has 0 unspecified atom stereocenters. The highest BCUT2D eigenvalue weighted by Crippen LogP contribution is 2.33. The predicted octanol–water partition coefficient (Wildman–Crippen LogP) is 3.47. The van der Waals surface area contributed by atoms with Gasteiger partial charge in [0.15, 0.2) is 0 Å². The van der Waals surface area contributed by atoms with Gasteiger partial charge in [-0.05, 0) is 36.4 Å². The largest absolute Gasteiger partial charge is 0.507 e. The number of benzene rings is 2. The first-order chi connectivity index (χ1) is 7.63. The van der Waals surface area contributed by atoms with Crippen LogP contribution in [0.1, 0.15) is 18.1 Å². The van der Waals surface area contributed by atoms with E-state index in [9.17, 15) is 5.11 Å². The fourth-order valence-corrected chi connectivity index (χ4v) is 1.96. The minimum Gasteiger partial charge on any atom is -0.507 e. The van der Waals surface area contributed by atoms with Gasteiger partial charge in [-0.15, -0.1) is 0 Å². The Bertz CT molecular complexity index is 570. The molecule has 0 aromatic heterocycles. The van der Waals surface area contributed by atoms with Gasteiger partial charge in [0, 0.05) is 5.39 Å². The number of nitrogen functional groups attached to an aromatic ring is 1. The summed E-state index contributed by atoms with van der Waals surface area (Å²) in [6, 6.07) is 7.70. The van der Waals surface area contributed by atoms with Crippen molar-refractivity contribution < 1.29 is 5.11 Å².